The molecule has 0 aromatic heterocycles. The van der Waals surface area contributed by atoms with E-state index < -0.39 is 5.41 Å². The van der Waals surface area contributed by atoms with Crippen molar-refractivity contribution in [3.05, 3.63) is 165 Å². The predicted molar refractivity (Wildman–Crippen MR) is 174 cm³/mol. The van der Waals surface area contributed by atoms with Gasteiger partial charge in [0.15, 0.2) is 0 Å². The third kappa shape index (κ3) is 5.57. The van der Waals surface area contributed by atoms with Crippen LogP contribution in [0, 0.1) is 0 Å². The molecule has 0 aliphatic heterocycles. The maximum absolute atomic E-state index is 13.6. The van der Waals surface area contributed by atoms with Crippen molar-refractivity contribution in [3.63, 3.8) is 0 Å². The molecule has 0 radical (unpaired) electrons. The zero-order valence-corrected chi connectivity index (χ0v) is 24.9. The number of nitrogens with one attached hydrogen (secondary N) is 1. The van der Waals surface area contributed by atoms with Crippen LogP contribution in [0.15, 0.2) is 121 Å². The van der Waals surface area contributed by atoms with E-state index in [1.165, 1.54) is 0 Å². The van der Waals surface area contributed by atoms with E-state index >= 15 is 0 Å². The normalized spacial score (nSPS) is 11.3. The number of halogens is 1. The van der Waals surface area contributed by atoms with Gasteiger partial charge in [-0.3, -0.25) is 4.79 Å². The molecule has 1 amide bonds. The van der Waals surface area contributed by atoms with Crippen LogP contribution in [0.4, 0.5) is 5.69 Å². The molecule has 5 aromatic rings. The molecule has 0 aliphatic rings. The number of unbranched alkanes of at least 4 members (excludes halogenated alkanes) is 1. The molecule has 0 fully saturated rings. The molecule has 0 saturated carbocycles. The highest BCUT2D eigenvalue weighted by atomic mass is 35.5. The van der Waals surface area contributed by atoms with Crippen LogP contribution in [0.1, 0.15) is 70.4 Å². The van der Waals surface area contributed by atoms with Crippen molar-refractivity contribution < 1.29 is 9.90 Å². The number of phenolic OH excluding ortho intramolecular Hbond substituents is 1. The average molecular weight is 574 g/mol. The molecule has 42 heavy (non-hydrogen) atoms. The summed E-state index contributed by atoms with van der Waals surface area (Å²) in [6.45, 7) is 4.09. The summed E-state index contributed by atoms with van der Waals surface area (Å²) < 4.78 is 0. The maximum Gasteiger partial charge on any atom is 0.259 e. The fourth-order valence-electron chi connectivity index (χ4n) is 5.89. The second-order valence-corrected chi connectivity index (χ2v) is 11.0. The van der Waals surface area contributed by atoms with Crippen LogP contribution in [0.25, 0.3) is 0 Å². The second kappa shape index (κ2) is 13.1. The summed E-state index contributed by atoms with van der Waals surface area (Å²) in [4.78, 5) is 13.6. The quantitative estimate of drug-likeness (QED) is 0.163. The molecule has 0 bridgehead atoms. The van der Waals surface area contributed by atoms with Gasteiger partial charge >= 0.3 is 0 Å². The molecule has 2 N–H and O–H groups in total. The first-order valence-corrected chi connectivity index (χ1v) is 15.0. The lowest BCUT2D eigenvalue weighted by molar-refractivity contribution is 0.102. The lowest BCUT2D eigenvalue weighted by Gasteiger charge is -2.37. The maximum atomic E-state index is 13.6. The van der Waals surface area contributed by atoms with Gasteiger partial charge in [-0.15, -0.1) is 0 Å². The van der Waals surface area contributed by atoms with Gasteiger partial charge in [0.25, 0.3) is 5.91 Å². The Kier molecular flexibility index (Phi) is 9.09. The number of anilines is 1. The molecule has 0 atom stereocenters. The molecule has 0 spiro atoms. The van der Waals surface area contributed by atoms with E-state index in [1.807, 2.05) is 55.5 Å². The monoisotopic (exact) mass is 573 g/mol. The summed E-state index contributed by atoms with van der Waals surface area (Å²) in [5.41, 5.74) is 6.07. The molecule has 0 heterocycles. The molecular formula is C38H36ClNO2. The zero-order chi connectivity index (χ0) is 29.5. The Balaban J connectivity index is 1.61. The molecule has 5 aromatic carbocycles. The Morgan fingerprint density at radius 3 is 1.71 bits per heavy atom. The smallest absolute Gasteiger partial charge is 0.259 e. The number of phenols is 1. The van der Waals surface area contributed by atoms with Gasteiger partial charge in [0.05, 0.1) is 21.7 Å². The largest absolute Gasteiger partial charge is 0.507 e. The highest BCUT2D eigenvalue weighted by Crippen LogP contribution is 2.46. The number of aryl methyl sites for hydroxylation is 2. The molecule has 3 nitrogen and oxygen atoms in total. The summed E-state index contributed by atoms with van der Waals surface area (Å²) >= 11 is 6.97. The molecule has 0 aliphatic carbocycles. The summed E-state index contributed by atoms with van der Waals surface area (Å²) in [6, 6.07) is 41.0. The van der Waals surface area contributed by atoms with Gasteiger partial charge in [-0.1, -0.05) is 141 Å². The number of amides is 1. The van der Waals surface area contributed by atoms with Crippen molar-refractivity contribution in [2.75, 3.05) is 5.32 Å². The van der Waals surface area contributed by atoms with Crippen LogP contribution in [0.3, 0.4) is 0 Å². The van der Waals surface area contributed by atoms with Crippen LogP contribution in [0.5, 0.6) is 5.75 Å². The number of carbonyl (C=O) groups excluding carboxylic acids is 1. The first-order valence-electron chi connectivity index (χ1n) is 14.6. The van der Waals surface area contributed by atoms with Crippen LogP contribution >= 0.6 is 11.6 Å². The van der Waals surface area contributed by atoms with Crippen molar-refractivity contribution in [1.82, 2.24) is 0 Å². The minimum atomic E-state index is -0.642. The third-order valence-corrected chi connectivity index (χ3v) is 8.34. The molecular weight excluding hydrogens is 538 g/mol. The van der Waals surface area contributed by atoms with Gasteiger partial charge in [-0.05, 0) is 64.8 Å². The van der Waals surface area contributed by atoms with Gasteiger partial charge in [-0.2, -0.15) is 0 Å². The molecule has 0 unspecified atom stereocenters. The Bertz CT molecular complexity index is 1550. The lowest BCUT2D eigenvalue weighted by atomic mass is 9.65. The standard InChI is InChI=1S/C38H36ClNO2/c1-3-5-15-28-23-22-27(4-2)35(36(28)41)37(42)40-34-25-24-32(26-33(34)39)38(29-16-9-6-10-17-29,30-18-11-7-12-19-30)31-20-13-8-14-21-31/h6-14,16-26,41H,3-5,15H2,1-2H3,(H,40,42). The van der Waals surface area contributed by atoms with Gasteiger partial charge in [-0.25, -0.2) is 0 Å². The highest BCUT2D eigenvalue weighted by Gasteiger charge is 2.38. The van der Waals surface area contributed by atoms with Crippen molar-refractivity contribution in [1.29, 1.82) is 0 Å². The second-order valence-electron chi connectivity index (χ2n) is 10.6. The van der Waals surface area contributed by atoms with E-state index in [9.17, 15) is 9.90 Å². The highest BCUT2D eigenvalue weighted by molar-refractivity contribution is 6.34. The van der Waals surface area contributed by atoms with Gasteiger partial charge in [0.1, 0.15) is 5.75 Å². The minimum absolute atomic E-state index is 0.0595. The van der Waals surface area contributed by atoms with Gasteiger partial charge in [0, 0.05) is 0 Å². The summed E-state index contributed by atoms with van der Waals surface area (Å²) in [6.07, 6.45) is 3.31. The molecule has 0 saturated heterocycles. The van der Waals surface area contributed by atoms with Crippen LogP contribution in [0.2, 0.25) is 5.02 Å². The zero-order valence-electron chi connectivity index (χ0n) is 24.1. The number of hydrogen-bond acceptors (Lipinski definition) is 2. The summed E-state index contributed by atoms with van der Waals surface area (Å²) in [7, 11) is 0. The molecule has 5 rings (SSSR count). The van der Waals surface area contributed by atoms with Crippen molar-refractivity contribution in [2.24, 2.45) is 0 Å². The number of hydrogen-bond donors (Lipinski definition) is 2. The Labute approximate surface area is 253 Å². The fraction of sp³-hybridized carbons (Fsp3) is 0.184. The number of aromatic hydroxyl groups is 1. The van der Waals surface area contributed by atoms with E-state index in [1.54, 1.807) is 0 Å². The number of carbonyl (C=O) groups is 1. The summed E-state index contributed by atoms with van der Waals surface area (Å²) in [5.74, 6) is -0.304. The number of benzene rings is 5. The van der Waals surface area contributed by atoms with Crippen molar-refractivity contribution in [2.45, 2.75) is 44.9 Å². The minimum Gasteiger partial charge on any atom is -0.507 e. The number of rotatable bonds is 10. The lowest BCUT2D eigenvalue weighted by Crippen LogP contribution is -2.31. The fourth-order valence-corrected chi connectivity index (χ4v) is 6.12. The molecule has 212 valence electrons. The Morgan fingerprint density at radius 2 is 1.24 bits per heavy atom. The third-order valence-electron chi connectivity index (χ3n) is 8.03. The van der Waals surface area contributed by atoms with E-state index in [0.29, 0.717) is 22.7 Å². The topological polar surface area (TPSA) is 49.3 Å². The first kappa shape index (κ1) is 29.2. The van der Waals surface area contributed by atoms with E-state index in [-0.39, 0.29) is 11.7 Å². The Morgan fingerprint density at radius 1 is 0.714 bits per heavy atom. The Hall–Kier alpha value is -4.34. The average Bonchev–Trinajstić information content (AvgIpc) is 3.03. The van der Waals surface area contributed by atoms with Crippen LogP contribution < -0.4 is 5.32 Å². The van der Waals surface area contributed by atoms with Crippen molar-refractivity contribution in [3.8, 4) is 5.75 Å². The SMILES string of the molecule is CCCCc1ccc(CC)c(C(=O)Nc2ccc(C(c3ccccc3)(c3ccccc3)c3ccccc3)cc2Cl)c1O. The van der Waals surface area contributed by atoms with Gasteiger partial charge in [0.2, 0.25) is 0 Å². The van der Waals surface area contributed by atoms with Crippen molar-refractivity contribution >= 4 is 23.2 Å². The summed E-state index contributed by atoms with van der Waals surface area (Å²) in [5, 5.41) is 14.5. The first-order chi connectivity index (χ1) is 20.5. The molecule has 4 heteroatoms. The van der Waals surface area contributed by atoms with Gasteiger partial charge < -0.3 is 10.4 Å². The van der Waals surface area contributed by atoms with Crippen LogP contribution in [-0.4, -0.2) is 11.0 Å². The predicted octanol–water partition coefficient (Wildman–Crippen LogP) is 9.59. The van der Waals surface area contributed by atoms with E-state index in [2.05, 4.69) is 85.0 Å². The van der Waals surface area contributed by atoms with Crippen LogP contribution in [-0.2, 0) is 18.3 Å². The van der Waals surface area contributed by atoms with E-state index in [0.717, 1.165) is 52.6 Å². The van der Waals surface area contributed by atoms with E-state index in [4.69, 9.17) is 11.6 Å².